The second-order valence-corrected chi connectivity index (χ2v) is 7.74. The first-order valence-corrected chi connectivity index (χ1v) is 8.75. The van der Waals surface area contributed by atoms with Crippen LogP contribution >= 0.6 is 0 Å². The smallest absolute Gasteiger partial charge is 0.214 e. The molecule has 0 aromatic heterocycles. The number of piperidine rings is 1. The third-order valence-electron chi connectivity index (χ3n) is 3.33. The fourth-order valence-electron chi connectivity index (χ4n) is 2.47. The highest BCUT2D eigenvalue weighted by Gasteiger charge is 2.26. The Hall–Kier alpha value is -0.130. The summed E-state index contributed by atoms with van der Waals surface area (Å²) in [5, 5.41) is 3.32. The molecule has 1 saturated heterocycles. The van der Waals surface area contributed by atoms with Gasteiger partial charge in [-0.15, -0.1) is 0 Å². The molecular formula is C13H28N2O2S. The second kappa shape index (κ2) is 7.46. The lowest BCUT2D eigenvalue weighted by Crippen LogP contribution is -2.41. The van der Waals surface area contributed by atoms with Crippen molar-refractivity contribution >= 4 is 10.0 Å². The predicted octanol–water partition coefficient (Wildman–Crippen LogP) is 1.68. The van der Waals surface area contributed by atoms with E-state index in [4.69, 9.17) is 0 Å². The summed E-state index contributed by atoms with van der Waals surface area (Å²) in [6, 6.07) is 0. The summed E-state index contributed by atoms with van der Waals surface area (Å²) < 4.78 is 26.4. The summed E-state index contributed by atoms with van der Waals surface area (Å²) in [6.45, 7) is 9.39. The van der Waals surface area contributed by atoms with Crippen LogP contribution in [-0.4, -0.2) is 44.7 Å². The lowest BCUT2D eigenvalue weighted by Gasteiger charge is -2.29. The van der Waals surface area contributed by atoms with Gasteiger partial charge in [-0.1, -0.05) is 20.8 Å². The van der Waals surface area contributed by atoms with Crippen LogP contribution in [0.3, 0.4) is 0 Å². The SMILES string of the molecule is CCCN(CC1CCNCC1)S(=O)(=O)CC(C)C. The zero-order valence-corrected chi connectivity index (χ0v) is 12.8. The summed E-state index contributed by atoms with van der Waals surface area (Å²) >= 11 is 0. The van der Waals surface area contributed by atoms with Gasteiger partial charge >= 0.3 is 0 Å². The van der Waals surface area contributed by atoms with Crippen LogP contribution in [0.4, 0.5) is 0 Å². The minimum absolute atomic E-state index is 0.197. The van der Waals surface area contributed by atoms with Crippen molar-refractivity contribution in [3.63, 3.8) is 0 Å². The van der Waals surface area contributed by atoms with E-state index in [0.29, 0.717) is 19.0 Å². The van der Waals surface area contributed by atoms with Crippen LogP contribution in [-0.2, 0) is 10.0 Å². The van der Waals surface area contributed by atoms with Crippen LogP contribution in [0.1, 0.15) is 40.0 Å². The van der Waals surface area contributed by atoms with E-state index in [1.807, 2.05) is 20.8 Å². The molecule has 0 spiro atoms. The lowest BCUT2D eigenvalue weighted by molar-refractivity contribution is 0.287. The Bertz CT molecular complexity index is 322. The molecule has 18 heavy (non-hydrogen) atoms. The second-order valence-electron chi connectivity index (χ2n) is 5.72. The van der Waals surface area contributed by atoms with Gasteiger partial charge in [0.2, 0.25) is 10.0 Å². The van der Waals surface area contributed by atoms with Gasteiger partial charge in [-0.3, -0.25) is 0 Å². The summed E-state index contributed by atoms with van der Waals surface area (Å²) in [5.41, 5.74) is 0. The summed E-state index contributed by atoms with van der Waals surface area (Å²) in [4.78, 5) is 0. The monoisotopic (exact) mass is 276 g/mol. The number of nitrogens with zero attached hydrogens (tertiary/aromatic N) is 1. The zero-order valence-electron chi connectivity index (χ0n) is 12.0. The first kappa shape index (κ1) is 15.9. The average Bonchev–Trinajstić information content (AvgIpc) is 2.28. The Morgan fingerprint density at radius 1 is 1.28 bits per heavy atom. The largest absolute Gasteiger partial charge is 0.317 e. The number of rotatable bonds is 7. The van der Waals surface area contributed by atoms with Crippen LogP contribution in [0.2, 0.25) is 0 Å². The van der Waals surface area contributed by atoms with Crippen LogP contribution < -0.4 is 5.32 Å². The van der Waals surface area contributed by atoms with Crippen molar-refractivity contribution in [2.24, 2.45) is 11.8 Å². The van der Waals surface area contributed by atoms with Crippen molar-refractivity contribution in [3.05, 3.63) is 0 Å². The predicted molar refractivity (Wildman–Crippen MR) is 76.1 cm³/mol. The Morgan fingerprint density at radius 2 is 1.89 bits per heavy atom. The molecule has 0 atom stereocenters. The minimum Gasteiger partial charge on any atom is -0.317 e. The van der Waals surface area contributed by atoms with Gasteiger partial charge in [0.05, 0.1) is 5.75 Å². The molecule has 0 aromatic carbocycles. The Kier molecular flexibility index (Phi) is 6.60. The molecule has 0 saturated carbocycles. The molecule has 1 aliphatic rings. The quantitative estimate of drug-likeness (QED) is 0.770. The molecule has 0 aliphatic carbocycles. The highest BCUT2D eigenvalue weighted by atomic mass is 32.2. The van der Waals surface area contributed by atoms with Gasteiger partial charge in [0.1, 0.15) is 0 Å². The molecule has 1 heterocycles. The van der Waals surface area contributed by atoms with Crippen LogP contribution in [0.25, 0.3) is 0 Å². The number of hydrogen-bond acceptors (Lipinski definition) is 3. The van der Waals surface area contributed by atoms with Crippen molar-refractivity contribution in [1.82, 2.24) is 9.62 Å². The summed E-state index contributed by atoms with van der Waals surface area (Å²) in [7, 11) is -3.07. The van der Waals surface area contributed by atoms with E-state index >= 15 is 0 Å². The minimum atomic E-state index is -3.07. The van der Waals surface area contributed by atoms with Crippen LogP contribution in [0.5, 0.6) is 0 Å². The van der Waals surface area contributed by atoms with E-state index in [0.717, 1.165) is 32.4 Å². The highest BCUT2D eigenvalue weighted by molar-refractivity contribution is 7.89. The number of nitrogens with one attached hydrogen (secondary N) is 1. The molecular weight excluding hydrogens is 248 g/mol. The first-order valence-electron chi connectivity index (χ1n) is 7.14. The van der Waals surface area contributed by atoms with Gasteiger partial charge in [-0.25, -0.2) is 12.7 Å². The maximum Gasteiger partial charge on any atom is 0.214 e. The van der Waals surface area contributed by atoms with E-state index < -0.39 is 10.0 Å². The molecule has 5 heteroatoms. The highest BCUT2D eigenvalue weighted by Crippen LogP contribution is 2.17. The van der Waals surface area contributed by atoms with Gasteiger partial charge in [0.15, 0.2) is 0 Å². The molecule has 0 amide bonds. The van der Waals surface area contributed by atoms with E-state index in [1.54, 1.807) is 4.31 Å². The maximum absolute atomic E-state index is 12.3. The molecule has 0 bridgehead atoms. The standard InChI is InChI=1S/C13H28N2O2S/c1-4-9-15(18(16,17)11-12(2)3)10-13-5-7-14-8-6-13/h12-14H,4-11H2,1-3H3. The van der Waals surface area contributed by atoms with Crippen molar-refractivity contribution in [2.75, 3.05) is 31.9 Å². The number of hydrogen-bond donors (Lipinski definition) is 1. The molecule has 1 rings (SSSR count). The Balaban J connectivity index is 2.62. The Labute approximate surface area is 112 Å². The fraction of sp³-hybridized carbons (Fsp3) is 1.00. The van der Waals surface area contributed by atoms with E-state index in [2.05, 4.69) is 5.32 Å². The normalized spacial score (nSPS) is 18.7. The zero-order chi connectivity index (χ0) is 13.6. The third-order valence-corrected chi connectivity index (χ3v) is 5.54. The molecule has 1 fully saturated rings. The van der Waals surface area contributed by atoms with Gasteiger partial charge in [-0.05, 0) is 44.2 Å². The Morgan fingerprint density at radius 3 is 2.39 bits per heavy atom. The summed E-state index contributed by atoms with van der Waals surface area (Å²) in [5.74, 6) is 1.000. The molecule has 0 radical (unpaired) electrons. The van der Waals surface area contributed by atoms with Gasteiger partial charge < -0.3 is 5.32 Å². The first-order chi connectivity index (χ1) is 8.45. The fourth-order valence-corrected chi connectivity index (χ4v) is 4.42. The molecule has 1 aliphatic heterocycles. The van der Waals surface area contributed by atoms with E-state index in [1.165, 1.54) is 0 Å². The molecule has 0 unspecified atom stereocenters. The van der Waals surface area contributed by atoms with Gasteiger partial charge in [0, 0.05) is 13.1 Å². The topological polar surface area (TPSA) is 49.4 Å². The maximum atomic E-state index is 12.3. The third kappa shape index (κ3) is 5.24. The average molecular weight is 276 g/mol. The van der Waals surface area contributed by atoms with Crippen LogP contribution in [0, 0.1) is 11.8 Å². The summed E-state index contributed by atoms with van der Waals surface area (Å²) in [6.07, 6.45) is 3.08. The molecule has 108 valence electrons. The number of sulfonamides is 1. The van der Waals surface area contributed by atoms with Crippen molar-refractivity contribution < 1.29 is 8.42 Å². The van der Waals surface area contributed by atoms with Gasteiger partial charge in [0.25, 0.3) is 0 Å². The molecule has 1 N–H and O–H groups in total. The molecule has 4 nitrogen and oxygen atoms in total. The van der Waals surface area contributed by atoms with Crippen molar-refractivity contribution in [1.29, 1.82) is 0 Å². The van der Waals surface area contributed by atoms with Crippen molar-refractivity contribution in [2.45, 2.75) is 40.0 Å². The lowest BCUT2D eigenvalue weighted by atomic mass is 9.98. The van der Waals surface area contributed by atoms with Gasteiger partial charge in [-0.2, -0.15) is 0 Å². The van der Waals surface area contributed by atoms with Crippen LogP contribution in [0.15, 0.2) is 0 Å². The van der Waals surface area contributed by atoms with Crippen molar-refractivity contribution in [3.8, 4) is 0 Å². The van der Waals surface area contributed by atoms with E-state index in [-0.39, 0.29) is 11.7 Å². The van der Waals surface area contributed by atoms with E-state index in [9.17, 15) is 8.42 Å². The molecule has 0 aromatic rings.